The number of aromatic nitrogens is 2. The lowest BCUT2D eigenvalue weighted by molar-refractivity contribution is 0.0835. The van der Waals surface area contributed by atoms with Crippen molar-refractivity contribution in [2.24, 2.45) is 0 Å². The van der Waals surface area contributed by atoms with Gasteiger partial charge in [-0.05, 0) is 12.8 Å². The summed E-state index contributed by atoms with van der Waals surface area (Å²) in [5.41, 5.74) is 0. The summed E-state index contributed by atoms with van der Waals surface area (Å²) in [6.45, 7) is 1.84. The second-order valence-electron chi connectivity index (χ2n) is 5.19. The first-order chi connectivity index (χ1) is 11.3. The van der Waals surface area contributed by atoms with Gasteiger partial charge in [-0.2, -0.15) is 4.98 Å². The minimum Gasteiger partial charge on any atom is -0.485 e. The number of carbonyl (C=O) groups is 1. The molecule has 0 radical (unpaired) electrons. The summed E-state index contributed by atoms with van der Waals surface area (Å²) in [5.74, 6) is 1.77. The molecule has 0 unspecified atom stereocenters. The van der Waals surface area contributed by atoms with Crippen molar-refractivity contribution in [2.75, 3.05) is 19.8 Å². The first-order valence-electron chi connectivity index (χ1n) is 7.40. The Morgan fingerprint density at radius 1 is 1.35 bits per heavy atom. The summed E-state index contributed by atoms with van der Waals surface area (Å²) >= 11 is 1.29. The molecule has 1 saturated heterocycles. The van der Waals surface area contributed by atoms with E-state index in [1.807, 2.05) is 0 Å². The number of ether oxygens (including phenoxy) is 3. The summed E-state index contributed by atoms with van der Waals surface area (Å²) < 4.78 is 21.6. The van der Waals surface area contributed by atoms with Crippen LogP contribution in [0.2, 0.25) is 0 Å². The lowest BCUT2D eigenvalue weighted by Crippen LogP contribution is -2.24. The molecule has 8 nitrogen and oxygen atoms in total. The maximum Gasteiger partial charge on any atom is 0.265 e. The van der Waals surface area contributed by atoms with E-state index >= 15 is 0 Å². The minimum atomic E-state index is -0.245. The molecule has 1 fully saturated rings. The first-order valence-corrected chi connectivity index (χ1v) is 8.28. The molecule has 2 aromatic rings. The second kappa shape index (κ2) is 6.17. The van der Waals surface area contributed by atoms with Crippen LogP contribution in [0.25, 0.3) is 0 Å². The van der Waals surface area contributed by atoms with Crippen LogP contribution in [0.5, 0.6) is 11.5 Å². The fourth-order valence-corrected chi connectivity index (χ4v) is 3.35. The average molecular weight is 337 g/mol. The molecule has 23 heavy (non-hydrogen) atoms. The van der Waals surface area contributed by atoms with E-state index in [1.165, 1.54) is 11.3 Å². The molecule has 4 heterocycles. The van der Waals surface area contributed by atoms with E-state index < -0.39 is 0 Å². The smallest absolute Gasteiger partial charge is 0.265 e. The van der Waals surface area contributed by atoms with Crippen LogP contribution in [0, 0.1) is 0 Å². The predicted octanol–water partition coefficient (Wildman–Crippen LogP) is 1.68. The summed E-state index contributed by atoms with van der Waals surface area (Å²) in [6, 6.07) is 0. The van der Waals surface area contributed by atoms with Crippen LogP contribution in [-0.2, 0) is 11.3 Å². The number of carbonyl (C=O) groups excluding carboxylic acids is 1. The lowest BCUT2D eigenvalue weighted by atomic mass is 10.2. The molecular formula is C14H15N3O5S. The first kappa shape index (κ1) is 14.5. The van der Waals surface area contributed by atoms with E-state index in [-0.39, 0.29) is 18.6 Å². The van der Waals surface area contributed by atoms with E-state index in [0.717, 1.165) is 12.8 Å². The lowest BCUT2D eigenvalue weighted by Gasteiger charge is -2.15. The third-order valence-corrected chi connectivity index (χ3v) is 4.54. The second-order valence-corrected chi connectivity index (χ2v) is 6.07. The van der Waals surface area contributed by atoms with Crippen LogP contribution in [0.4, 0.5) is 0 Å². The Morgan fingerprint density at radius 2 is 2.26 bits per heavy atom. The standard InChI is InChI=1S/C14H15N3O5S/c18-13(12-11-9(7-23-12)20-4-5-21-11)15-6-10-16-14(22-17-10)8-2-1-3-19-8/h7-8H,1-6H2,(H,15,18)/t8-/m0/s1. The van der Waals surface area contributed by atoms with Crippen LogP contribution < -0.4 is 14.8 Å². The van der Waals surface area contributed by atoms with Gasteiger partial charge < -0.3 is 24.1 Å². The quantitative estimate of drug-likeness (QED) is 0.907. The van der Waals surface area contributed by atoms with Crippen molar-refractivity contribution in [3.63, 3.8) is 0 Å². The van der Waals surface area contributed by atoms with Gasteiger partial charge in [-0.1, -0.05) is 5.16 Å². The highest BCUT2D eigenvalue weighted by Gasteiger charge is 2.25. The molecule has 1 amide bonds. The number of nitrogens with one attached hydrogen (secondary N) is 1. The normalized spacial score (nSPS) is 19.7. The number of amides is 1. The SMILES string of the molecule is O=C(NCc1noc([C@@H]2CCCO2)n1)c1scc2c1OCCO2. The molecule has 9 heteroatoms. The van der Waals surface area contributed by atoms with Gasteiger partial charge in [0.25, 0.3) is 11.8 Å². The zero-order valence-corrected chi connectivity index (χ0v) is 13.1. The summed E-state index contributed by atoms with van der Waals surface area (Å²) in [6.07, 6.45) is 1.75. The van der Waals surface area contributed by atoms with E-state index in [9.17, 15) is 4.79 Å². The van der Waals surface area contributed by atoms with Gasteiger partial charge >= 0.3 is 0 Å². The van der Waals surface area contributed by atoms with Gasteiger partial charge in [0.05, 0.1) is 6.54 Å². The van der Waals surface area contributed by atoms with Crippen LogP contribution in [0.1, 0.15) is 40.3 Å². The molecule has 0 aromatic carbocycles. The van der Waals surface area contributed by atoms with E-state index in [1.54, 1.807) is 5.38 Å². The Labute approximate surface area is 135 Å². The van der Waals surface area contributed by atoms with E-state index in [2.05, 4.69) is 15.5 Å². The fraction of sp³-hybridized carbons (Fsp3) is 0.500. The summed E-state index contributed by atoms with van der Waals surface area (Å²) in [7, 11) is 0. The Morgan fingerprint density at radius 3 is 3.13 bits per heavy atom. The van der Waals surface area contributed by atoms with Crippen molar-refractivity contribution in [3.05, 3.63) is 22.0 Å². The van der Waals surface area contributed by atoms with Gasteiger partial charge in [0.15, 0.2) is 17.3 Å². The molecule has 1 N–H and O–H groups in total. The molecule has 4 rings (SSSR count). The third kappa shape index (κ3) is 2.89. The largest absolute Gasteiger partial charge is 0.485 e. The van der Waals surface area contributed by atoms with Crippen molar-refractivity contribution in [1.82, 2.24) is 15.5 Å². The summed E-state index contributed by atoms with van der Waals surface area (Å²) in [5, 5.41) is 8.40. The molecule has 2 aliphatic rings. The third-order valence-electron chi connectivity index (χ3n) is 3.60. The van der Waals surface area contributed by atoms with Crippen molar-refractivity contribution >= 4 is 17.2 Å². The van der Waals surface area contributed by atoms with E-state index in [4.69, 9.17) is 18.7 Å². The Hall–Kier alpha value is -2.13. The molecule has 0 saturated carbocycles. The van der Waals surface area contributed by atoms with Crippen LogP contribution in [-0.4, -0.2) is 35.9 Å². The van der Waals surface area contributed by atoms with Crippen molar-refractivity contribution in [1.29, 1.82) is 0 Å². The predicted molar refractivity (Wildman–Crippen MR) is 78.7 cm³/mol. The van der Waals surface area contributed by atoms with E-state index in [0.29, 0.717) is 47.9 Å². The molecule has 122 valence electrons. The Kier molecular flexibility index (Phi) is 3.88. The molecular weight excluding hydrogens is 322 g/mol. The highest BCUT2D eigenvalue weighted by molar-refractivity contribution is 7.12. The maximum atomic E-state index is 12.3. The summed E-state index contributed by atoms with van der Waals surface area (Å²) in [4.78, 5) is 17.0. The minimum absolute atomic E-state index is 0.123. The van der Waals surface area contributed by atoms with Crippen molar-refractivity contribution < 1.29 is 23.5 Å². The molecule has 0 bridgehead atoms. The molecule has 0 aliphatic carbocycles. The van der Waals surface area contributed by atoms with Gasteiger partial charge in [-0.15, -0.1) is 11.3 Å². The number of rotatable bonds is 4. The van der Waals surface area contributed by atoms with Gasteiger partial charge in [-0.3, -0.25) is 4.79 Å². The number of hydrogen-bond acceptors (Lipinski definition) is 8. The van der Waals surface area contributed by atoms with Crippen LogP contribution >= 0.6 is 11.3 Å². The Balaban J connectivity index is 1.39. The number of fused-ring (bicyclic) bond motifs is 1. The zero-order valence-electron chi connectivity index (χ0n) is 12.2. The maximum absolute atomic E-state index is 12.3. The number of thiophene rings is 1. The molecule has 0 spiro atoms. The number of hydrogen-bond donors (Lipinski definition) is 1. The van der Waals surface area contributed by atoms with Gasteiger partial charge in [0.1, 0.15) is 24.2 Å². The zero-order chi connectivity index (χ0) is 15.6. The highest BCUT2D eigenvalue weighted by atomic mass is 32.1. The topological polar surface area (TPSA) is 95.7 Å². The van der Waals surface area contributed by atoms with Gasteiger partial charge in [0, 0.05) is 12.0 Å². The van der Waals surface area contributed by atoms with Crippen LogP contribution in [0.15, 0.2) is 9.90 Å². The monoisotopic (exact) mass is 337 g/mol. The van der Waals surface area contributed by atoms with Crippen LogP contribution in [0.3, 0.4) is 0 Å². The molecule has 2 aromatic heterocycles. The van der Waals surface area contributed by atoms with Gasteiger partial charge in [-0.25, -0.2) is 0 Å². The van der Waals surface area contributed by atoms with Gasteiger partial charge in [0.2, 0.25) is 0 Å². The van der Waals surface area contributed by atoms with Crippen molar-refractivity contribution in [3.8, 4) is 11.5 Å². The fourth-order valence-electron chi connectivity index (χ4n) is 2.50. The highest BCUT2D eigenvalue weighted by Crippen LogP contribution is 2.39. The number of nitrogens with zero attached hydrogens (tertiary/aromatic N) is 2. The molecule has 1 atom stereocenters. The average Bonchev–Trinajstić information content (AvgIpc) is 3.31. The molecule has 2 aliphatic heterocycles. The van der Waals surface area contributed by atoms with Crippen molar-refractivity contribution in [2.45, 2.75) is 25.5 Å². The Bertz CT molecular complexity index is 707.